The highest BCUT2D eigenvalue weighted by Gasteiger charge is 1.64. The Morgan fingerprint density at radius 2 is 2.12 bits per heavy atom. The van der Waals surface area contributed by atoms with Crippen molar-refractivity contribution in [3.63, 3.8) is 0 Å². The molecule has 0 aliphatic heterocycles. The van der Waals surface area contributed by atoms with E-state index in [0.717, 1.165) is 0 Å². The van der Waals surface area contributed by atoms with Crippen molar-refractivity contribution >= 4 is 0 Å². The summed E-state index contributed by atoms with van der Waals surface area (Å²) in [6.07, 6.45) is 7.53. The van der Waals surface area contributed by atoms with Gasteiger partial charge in [0.05, 0.1) is 6.08 Å². The van der Waals surface area contributed by atoms with Crippen molar-refractivity contribution < 1.29 is 0 Å². The van der Waals surface area contributed by atoms with E-state index in [9.17, 15) is 0 Å². The summed E-state index contributed by atoms with van der Waals surface area (Å²) in [5.74, 6) is 0. The summed E-state index contributed by atoms with van der Waals surface area (Å²) in [5, 5.41) is 0. The van der Waals surface area contributed by atoms with E-state index in [1.54, 1.807) is 13.1 Å². The zero-order valence-corrected chi connectivity index (χ0v) is 5.26. The average Bonchev–Trinajstić information content (AvgIpc) is 1.81. The van der Waals surface area contributed by atoms with Gasteiger partial charge in [0.2, 0.25) is 0 Å². The highest BCUT2D eigenvalue weighted by molar-refractivity contribution is 5.14. The third kappa shape index (κ3) is 4.97. The van der Waals surface area contributed by atoms with Crippen LogP contribution in [0.2, 0.25) is 0 Å². The molecular formula is C7H10N+. The molecule has 0 saturated carbocycles. The maximum atomic E-state index is 3.64. The molecule has 1 nitrogen and oxygen atoms in total. The van der Waals surface area contributed by atoms with Crippen molar-refractivity contribution in [2.45, 2.75) is 6.92 Å². The van der Waals surface area contributed by atoms with Crippen molar-refractivity contribution in [1.82, 2.24) is 0 Å². The van der Waals surface area contributed by atoms with E-state index in [4.69, 9.17) is 0 Å². The van der Waals surface area contributed by atoms with Crippen LogP contribution in [-0.4, -0.2) is 7.05 Å². The standard InChI is InChI=1S/C7H10N/c1-3-4-5-6-7-8-2/h3-6H,1-2H3/q+1/b4-3-,6-5-. The minimum atomic E-state index is 1.69. The van der Waals surface area contributed by atoms with E-state index < -0.39 is 0 Å². The van der Waals surface area contributed by atoms with Gasteiger partial charge in [-0.25, -0.2) is 0 Å². The second-order valence-corrected chi connectivity index (χ2v) is 1.24. The molecule has 8 heavy (non-hydrogen) atoms. The van der Waals surface area contributed by atoms with Crippen LogP contribution in [0, 0.1) is 6.07 Å². The fourth-order valence-electron chi connectivity index (χ4n) is 0.284. The van der Waals surface area contributed by atoms with Crippen LogP contribution in [0.25, 0.3) is 4.85 Å². The Balaban J connectivity index is 3.45. The van der Waals surface area contributed by atoms with E-state index in [-0.39, 0.29) is 0 Å². The monoisotopic (exact) mass is 108 g/mol. The lowest BCUT2D eigenvalue weighted by atomic mass is 10.5. The Morgan fingerprint density at radius 3 is 2.62 bits per heavy atom. The summed E-state index contributed by atoms with van der Waals surface area (Å²) in [4.78, 5) is 3.64. The first-order valence-corrected chi connectivity index (χ1v) is 2.54. The largest absolute Gasteiger partial charge is 0.302 e. The first-order valence-electron chi connectivity index (χ1n) is 2.54. The van der Waals surface area contributed by atoms with Gasteiger partial charge >= 0.3 is 6.07 Å². The van der Waals surface area contributed by atoms with Crippen LogP contribution in [0.3, 0.4) is 0 Å². The Labute approximate surface area is 50.2 Å². The van der Waals surface area contributed by atoms with Crippen LogP contribution in [0.1, 0.15) is 6.92 Å². The molecule has 0 fully saturated rings. The molecule has 0 aromatic heterocycles. The number of allylic oxidation sites excluding steroid dienone is 4. The van der Waals surface area contributed by atoms with Crippen LogP contribution in [0.15, 0.2) is 24.3 Å². The maximum Gasteiger partial charge on any atom is 0.302 e. The second kappa shape index (κ2) is 5.97. The van der Waals surface area contributed by atoms with Gasteiger partial charge in [0.1, 0.15) is 0 Å². The molecule has 0 unspecified atom stereocenters. The van der Waals surface area contributed by atoms with E-state index in [2.05, 4.69) is 10.9 Å². The molecule has 42 valence electrons. The topological polar surface area (TPSA) is 4.36 Å². The first kappa shape index (κ1) is 6.97. The van der Waals surface area contributed by atoms with Crippen LogP contribution in [0.5, 0.6) is 0 Å². The Morgan fingerprint density at radius 1 is 1.38 bits per heavy atom. The van der Waals surface area contributed by atoms with Crippen LogP contribution in [-0.2, 0) is 0 Å². The summed E-state index contributed by atoms with van der Waals surface area (Å²) < 4.78 is 0. The van der Waals surface area contributed by atoms with E-state index >= 15 is 0 Å². The van der Waals surface area contributed by atoms with Crippen molar-refractivity contribution in [2.24, 2.45) is 0 Å². The minimum absolute atomic E-state index is 1.69. The summed E-state index contributed by atoms with van der Waals surface area (Å²) in [7, 11) is 1.69. The predicted molar refractivity (Wildman–Crippen MR) is 37.1 cm³/mol. The zero-order chi connectivity index (χ0) is 6.24. The van der Waals surface area contributed by atoms with Crippen molar-refractivity contribution in [3.05, 3.63) is 29.1 Å². The van der Waals surface area contributed by atoms with Crippen LogP contribution in [0.4, 0.5) is 0 Å². The highest BCUT2D eigenvalue weighted by Crippen LogP contribution is 1.73. The number of nitrogens with zero attached hydrogens (tertiary/aromatic N) is 1. The van der Waals surface area contributed by atoms with E-state index in [1.165, 1.54) is 0 Å². The molecule has 0 radical (unpaired) electrons. The molecule has 0 N–H and O–H groups in total. The fourth-order valence-corrected chi connectivity index (χ4v) is 0.284. The molecule has 0 aliphatic carbocycles. The maximum absolute atomic E-state index is 3.64. The van der Waals surface area contributed by atoms with Gasteiger partial charge in [0, 0.05) is 0 Å². The van der Waals surface area contributed by atoms with Crippen molar-refractivity contribution in [3.8, 4) is 6.07 Å². The number of hydrogen-bond acceptors (Lipinski definition) is 0. The molecule has 0 heterocycles. The third-order valence-corrected chi connectivity index (χ3v) is 0.603. The van der Waals surface area contributed by atoms with Gasteiger partial charge in [-0.3, -0.25) is 0 Å². The highest BCUT2D eigenvalue weighted by atomic mass is 14.6. The van der Waals surface area contributed by atoms with Gasteiger partial charge in [-0.1, -0.05) is 17.0 Å². The Hall–Kier alpha value is -1.03. The molecule has 0 rings (SSSR count). The molecular weight excluding hydrogens is 98.1 g/mol. The summed E-state index contributed by atoms with van der Waals surface area (Å²) in [6, 6.07) is 2.68. The quantitative estimate of drug-likeness (QED) is 0.358. The van der Waals surface area contributed by atoms with Gasteiger partial charge in [-0.2, -0.15) is 0 Å². The van der Waals surface area contributed by atoms with Crippen molar-refractivity contribution in [1.29, 1.82) is 0 Å². The summed E-state index contributed by atoms with van der Waals surface area (Å²) >= 11 is 0. The Kier molecular flexibility index (Phi) is 5.20. The second-order valence-electron chi connectivity index (χ2n) is 1.24. The molecule has 1 heteroatoms. The normalized spacial score (nSPS) is 9.75. The molecule has 0 aromatic carbocycles. The average molecular weight is 108 g/mol. The van der Waals surface area contributed by atoms with Crippen molar-refractivity contribution in [2.75, 3.05) is 7.05 Å². The fraction of sp³-hybridized carbons (Fsp3) is 0.286. The summed E-state index contributed by atoms with van der Waals surface area (Å²) in [6.45, 7) is 1.97. The summed E-state index contributed by atoms with van der Waals surface area (Å²) in [5.41, 5.74) is 0. The smallest absolute Gasteiger partial charge is 0.0876 e. The molecule has 0 amide bonds. The lowest BCUT2D eigenvalue weighted by Crippen LogP contribution is -1.46. The first-order chi connectivity index (χ1) is 3.91. The third-order valence-electron chi connectivity index (χ3n) is 0.603. The molecule has 0 aliphatic rings. The zero-order valence-electron chi connectivity index (χ0n) is 5.26. The van der Waals surface area contributed by atoms with Gasteiger partial charge < -0.3 is 0 Å². The Bertz CT molecular complexity index is 144. The van der Waals surface area contributed by atoms with Gasteiger partial charge in [-0.15, -0.1) is 0 Å². The molecule has 0 saturated heterocycles. The minimum Gasteiger partial charge on any atom is -0.0876 e. The van der Waals surface area contributed by atoms with Gasteiger partial charge in [0.15, 0.2) is 0 Å². The van der Waals surface area contributed by atoms with Gasteiger partial charge in [0.25, 0.3) is 7.05 Å². The van der Waals surface area contributed by atoms with E-state index in [1.807, 2.05) is 25.2 Å². The van der Waals surface area contributed by atoms with Crippen LogP contribution < -0.4 is 0 Å². The SMILES string of the molecule is C/C=C\C=C/C#[N+]C. The van der Waals surface area contributed by atoms with E-state index in [0.29, 0.717) is 0 Å². The lowest BCUT2D eigenvalue weighted by Gasteiger charge is -1.59. The predicted octanol–water partition coefficient (Wildman–Crippen LogP) is 2.08. The number of hydrogen-bond donors (Lipinski definition) is 0. The van der Waals surface area contributed by atoms with Gasteiger partial charge in [-0.05, 0) is 13.0 Å². The molecule has 0 aromatic rings. The number of rotatable bonds is 1. The molecule has 0 atom stereocenters. The molecule has 0 spiro atoms. The molecule has 0 bridgehead atoms. The lowest BCUT2D eigenvalue weighted by molar-refractivity contribution is 1.73. The van der Waals surface area contributed by atoms with Crippen LogP contribution >= 0.6 is 0 Å².